The predicted octanol–water partition coefficient (Wildman–Crippen LogP) is 3.28. The van der Waals surface area contributed by atoms with Crippen molar-refractivity contribution < 1.29 is 4.79 Å². The van der Waals surface area contributed by atoms with Crippen LogP contribution < -0.4 is 0 Å². The molecule has 5 heteroatoms. The average molecular weight is 386 g/mol. The number of aromatic nitrogens is 2. The molecule has 29 heavy (non-hydrogen) atoms. The molecule has 0 unspecified atom stereocenters. The summed E-state index contributed by atoms with van der Waals surface area (Å²) in [5.74, 6) is 0.175. The van der Waals surface area contributed by atoms with Crippen LogP contribution in [0.4, 0.5) is 0 Å². The van der Waals surface area contributed by atoms with Gasteiger partial charge in [-0.05, 0) is 40.8 Å². The van der Waals surface area contributed by atoms with E-state index in [1.807, 2.05) is 36.5 Å². The molecule has 0 bridgehead atoms. The van der Waals surface area contributed by atoms with E-state index in [0.717, 1.165) is 43.7 Å². The van der Waals surface area contributed by atoms with Gasteiger partial charge in [0.1, 0.15) is 0 Å². The molecule has 1 aromatic carbocycles. The molecule has 1 aliphatic rings. The quantitative estimate of drug-likeness (QED) is 0.675. The summed E-state index contributed by atoms with van der Waals surface area (Å²) in [6.07, 6.45) is 8.09. The Bertz CT molecular complexity index is 945. The molecule has 2 aromatic heterocycles. The first-order valence-corrected chi connectivity index (χ1v) is 10.0. The number of likely N-dealkylation sites (N-methyl/N-ethyl adjacent to an activating group) is 1. The van der Waals surface area contributed by atoms with Crippen LogP contribution in [0.3, 0.4) is 0 Å². The SMILES string of the molecule is CN1CCN(Cc2cccnc2)C[C@H](Cc2cccc(-c3cccnc3)c2)C1=O. The van der Waals surface area contributed by atoms with E-state index in [1.165, 1.54) is 11.1 Å². The third-order valence-corrected chi connectivity index (χ3v) is 5.49. The second kappa shape index (κ2) is 8.97. The first-order chi connectivity index (χ1) is 14.2. The van der Waals surface area contributed by atoms with Gasteiger partial charge in [0.2, 0.25) is 5.91 Å². The van der Waals surface area contributed by atoms with Crippen molar-refractivity contribution in [2.75, 3.05) is 26.7 Å². The van der Waals surface area contributed by atoms with Crippen LogP contribution in [0.15, 0.2) is 73.3 Å². The van der Waals surface area contributed by atoms with Gasteiger partial charge >= 0.3 is 0 Å². The first kappa shape index (κ1) is 19.3. The van der Waals surface area contributed by atoms with E-state index in [9.17, 15) is 4.79 Å². The Balaban J connectivity index is 1.52. The van der Waals surface area contributed by atoms with Crippen molar-refractivity contribution >= 4 is 5.91 Å². The van der Waals surface area contributed by atoms with Gasteiger partial charge in [-0.3, -0.25) is 19.7 Å². The standard InChI is InChI=1S/C24H26N4O/c1-27-11-12-28(17-20-6-3-9-25-15-20)18-23(24(27)29)14-19-5-2-7-21(13-19)22-8-4-10-26-16-22/h2-10,13,15-16,23H,11-12,14,17-18H2,1H3/t23-/m0/s1. The summed E-state index contributed by atoms with van der Waals surface area (Å²) in [6, 6.07) is 16.5. The lowest BCUT2D eigenvalue weighted by Crippen LogP contribution is -2.34. The smallest absolute Gasteiger partial charge is 0.227 e. The lowest BCUT2D eigenvalue weighted by molar-refractivity contribution is -0.133. The molecule has 0 spiro atoms. The van der Waals surface area contributed by atoms with Crippen LogP contribution in [0.25, 0.3) is 11.1 Å². The van der Waals surface area contributed by atoms with Gasteiger partial charge in [-0.1, -0.05) is 36.4 Å². The van der Waals surface area contributed by atoms with Gasteiger partial charge in [0.05, 0.1) is 5.92 Å². The molecule has 1 atom stereocenters. The highest BCUT2D eigenvalue weighted by molar-refractivity contribution is 5.79. The lowest BCUT2D eigenvalue weighted by atomic mass is 9.95. The average Bonchev–Trinajstić information content (AvgIpc) is 2.89. The maximum Gasteiger partial charge on any atom is 0.227 e. The van der Waals surface area contributed by atoms with Crippen molar-refractivity contribution in [1.82, 2.24) is 19.8 Å². The monoisotopic (exact) mass is 386 g/mol. The van der Waals surface area contributed by atoms with Crippen molar-refractivity contribution in [2.24, 2.45) is 5.92 Å². The molecule has 3 heterocycles. The Labute approximate surface area is 172 Å². The summed E-state index contributed by atoms with van der Waals surface area (Å²) >= 11 is 0. The van der Waals surface area contributed by atoms with Gasteiger partial charge in [0, 0.05) is 58.0 Å². The molecule has 5 nitrogen and oxygen atoms in total. The van der Waals surface area contributed by atoms with Gasteiger partial charge in [0.15, 0.2) is 0 Å². The largest absolute Gasteiger partial charge is 0.344 e. The fourth-order valence-electron chi connectivity index (χ4n) is 3.94. The zero-order valence-corrected chi connectivity index (χ0v) is 16.7. The number of pyridine rings is 2. The number of hydrogen-bond donors (Lipinski definition) is 0. The van der Waals surface area contributed by atoms with E-state index < -0.39 is 0 Å². The molecule has 1 fully saturated rings. The second-order valence-corrected chi connectivity index (χ2v) is 7.70. The predicted molar refractivity (Wildman–Crippen MR) is 114 cm³/mol. The molecule has 148 valence electrons. The molecule has 0 saturated carbocycles. The fourth-order valence-corrected chi connectivity index (χ4v) is 3.94. The summed E-state index contributed by atoms with van der Waals surface area (Å²) < 4.78 is 0. The highest BCUT2D eigenvalue weighted by Crippen LogP contribution is 2.23. The zero-order valence-electron chi connectivity index (χ0n) is 16.7. The Morgan fingerprint density at radius 3 is 2.45 bits per heavy atom. The molecule has 1 amide bonds. The highest BCUT2D eigenvalue weighted by atomic mass is 16.2. The number of amides is 1. The summed E-state index contributed by atoms with van der Waals surface area (Å²) in [5, 5.41) is 0. The van der Waals surface area contributed by atoms with E-state index in [4.69, 9.17) is 0 Å². The minimum absolute atomic E-state index is 0.0525. The van der Waals surface area contributed by atoms with Crippen LogP contribution in [0.5, 0.6) is 0 Å². The Morgan fingerprint density at radius 1 is 0.931 bits per heavy atom. The van der Waals surface area contributed by atoms with Gasteiger partial charge < -0.3 is 4.90 Å². The summed E-state index contributed by atoms with van der Waals surface area (Å²) in [6.45, 7) is 3.21. The van der Waals surface area contributed by atoms with Crippen molar-refractivity contribution in [3.8, 4) is 11.1 Å². The molecular weight excluding hydrogens is 360 g/mol. The van der Waals surface area contributed by atoms with Crippen LogP contribution >= 0.6 is 0 Å². The van der Waals surface area contributed by atoms with Crippen molar-refractivity contribution in [1.29, 1.82) is 0 Å². The van der Waals surface area contributed by atoms with Crippen LogP contribution in [-0.2, 0) is 17.8 Å². The van der Waals surface area contributed by atoms with Crippen molar-refractivity contribution in [3.05, 3.63) is 84.4 Å². The van der Waals surface area contributed by atoms with E-state index in [1.54, 1.807) is 12.4 Å². The van der Waals surface area contributed by atoms with E-state index in [-0.39, 0.29) is 11.8 Å². The molecule has 0 radical (unpaired) electrons. The van der Waals surface area contributed by atoms with Crippen LogP contribution in [0.2, 0.25) is 0 Å². The number of rotatable bonds is 5. The number of carbonyl (C=O) groups excluding carboxylic acids is 1. The maximum atomic E-state index is 13.0. The Morgan fingerprint density at radius 2 is 1.69 bits per heavy atom. The van der Waals surface area contributed by atoms with Gasteiger partial charge in [-0.2, -0.15) is 0 Å². The number of hydrogen-bond acceptors (Lipinski definition) is 4. The molecule has 1 aliphatic heterocycles. The second-order valence-electron chi connectivity index (χ2n) is 7.70. The number of nitrogens with zero attached hydrogens (tertiary/aromatic N) is 4. The topological polar surface area (TPSA) is 49.3 Å². The van der Waals surface area contributed by atoms with Gasteiger partial charge in [0.25, 0.3) is 0 Å². The fraction of sp³-hybridized carbons (Fsp3) is 0.292. The van der Waals surface area contributed by atoms with E-state index in [2.05, 4.69) is 51.3 Å². The van der Waals surface area contributed by atoms with Crippen LogP contribution in [0, 0.1) is 5.92 Å². The van der Waals surface area contributed by atoms with Crippen molar-refractivity contribution in [2.45, 2.75) is 13.0 Å². The number of benzene rings is 1. The van der Waals surface area contributed by atoms with Crippen molar-refractivity contribution in [3.63, 3.8) is 0 Å². The van der Waals surface area contributed by atoms with E-state index >= 15 is 0 Å². The minimum atomic E-state index is -0.0525. The third kappa shape index (κ3) is 4.87. The minimum Gasteiger partial charge on any atom is -0.344 e. The summed E-state index contributed by atoms with van der Waals surface area (Å²) in [7, 11) is 1.91. The lowest BCUT2D eigenvalue weighted by Gasteiger charge is -2.23. The summed E-state index contributed by atoms with van der Waals surface area (Å²) in [5.41, 5.74) is 4.59. The zero-order chi connectivity index (χ0) is 20.1. The maximum absolute atomic E-state index is 13.0. The first-order valence-electron chi connectivity index (χ1n) is 10.0. The number of carbonyl (C=O) groups is 1. The molecule has 3 aromatic rings. The van der Waals surface area contributed by atoms with Crippen LogP contribution in [0.1, 0.15) is 11.1 Å². The van der Waals surface area contributed by atoms with Gasteiger partial charge in [-0.25, -0.2) is 0 Å². The Hall–Kier alpha value is -3.05. The molecule has 0 N–H and O–H groups in total. The van der Waals surface area contributed by atoms with Crippen LogP contribution in [-0.4, -0.2) is 52.4 Å². The Kier molecular flexibility index (Phi) is 5.96. The van der Waals surface area contributed by atoms with Gasteiger partial charge in [-0.15, -0.1) is 0 Å². The summed E-state index contributed by atoms with van der Waals surface area (Å²) in [4.78, 5) is 25.7. The van der Waals surface area contributed by atoms with E-state index in [0.29, 0.717) is 0 Å². The normalized spacial score (nSPS) is 17.9. The molecule has 1 saturated heterocycles. The third-order valence-electron chi connectivity index (χ3n) is 5.49. The molecular formula is C24H26N4O. The highest BCUT2D eigenvalue weighted by Gasteiger charge is 2.28. The molecule has 0 aliphatic carbocycles. The molecule has 4 rings (SSSR count).